The first-order valence-corrected chi connectivity index (χ1v) is 13.8. The van der Waals surface area contributed by atoms with Crippen molar-refractivity contribution in [2.75, 3.05) is 33.1 Å². The number of anilines is 1. The van der Waals surface area contributed by atoms with Gasteiger partial charge in [-0.2, -0.15) is 4.31 Å². The number of nitrogens with zero attached hydrogens (tertiary/aromatic N) is 2. The molecule has 0 bridgehead atoms. The van der Waals surface area contributed by atoms with Crippen molar-refractivity contribution in [2.45, 2.75) is 56.0 Å². The molecule has 192 valence electrons. The van der Waals surface area contributed by atoms with Gasteiger partial charge in [0.15, 0.2) is 0 Å². The third kappa shape index (κ3) is 5.72. The molecule has 1 saturated carbocycles. The van der Waals surface area contributed by atoms with Gasteiger partial charge in [-0.25, -0.2) is 13.2 Å². The molecular weight excluding hydrogens is 510 g/mol. The molecule has 35 heavy (non-hydrogen) atoms. The third-order valence-electron chi connectivity index (χ3n) is 6.75. The monoisotopic (exact) mass is 541 g/mol. The molecule has 2 aliphatic rings. The first kappa shape index (κ1) is 27.6. The first-order valence-electron chi connectivity index (χ1n) is 11.5. The number of likely N-dealkylation sites (N-methyl/N-ethyl adjacent to an activating group) is 1. The van der Waals surface area contributed by atoms with Gasteiger partial charge >= 0.3 is 5.97 Å². The van der Waals surface area contributed by atoms with Crippen molar-refractivity contribution in [1.82, 2.24) is 9.21 Å². The number of esters is 1. The molecular formula is C24H32ClN3O5S2. The van der Waals surface area contributed by atoms with Gasteiger partial charge in [0, 0.05) is 36.6 Å². The molecule has 1 N–H and O–H groups in total. The van der Waals surface area contributed by atoms with Gasteiger partial charge in [0.25, 0.3) is 5.91 Å². The maximum Gasteiger partial charge on any atom is 0.341 e. The van der Waals surface area contributed by atoms with Gasteiger partial charge in [-0.1, -0.05) is 19.3 Å². The molecule has 2 aromatic rings. The zero-order chi connectivity index (χ0) is 24.5. The fourth-order valence-corrected chi connectivity index (χ4v) is 7.42. The van der Waals surface area contributed by atoms with Crippen LogP contribution in [0.25, 0.3) is 0 Å². The van der Waals surface area contributed by atoms with Crippen molar-refractivity contribution < 1.29 is 22.7 Å². The van der Waals surface area contributed by atoms with Crippen LogP contribution < -0.4 is 5.32 Å². The molecule has 0 spiro atoms. The zero-order valence-electron chi connectivity index (χ0n) is 20.2. The van der Waals surface area contributed by atoms with E-state index in [2.05, 4.69) is 10.2 Å². The lowest BCUT2D eigenvalue weighted by atomic mass is 9.96. The van der Waals surface area contributed by atoms with E-state index in [-0.39, 0.29) is 23.3 Å². The number of benzene rings is 1. The van der Waals surface area contributed by atoms with Crippen molar-refractivity contribution >= 4 is 50.6 Å². The number of hydrogen-bond donors (Lipinski definition) is 1. The van der Waals surface area contributed by atoms with Crippen LogP contribution in [0.3, 0.4) is 0 Å². The standard InChI is InChI=1S/C24H31N3O5S2.ClH/c1-26-14-13-19-20(15-26)33-23(21(19)24(29)32-3)25-22(28)16-9-11-18(12-10-16)34(30,31)27(2)17-7-5-4-6-8-17;/h9-12,17H,4-8,13-15H2,1-3H3,(H,25,28);1H. The van der Waals surface area contributed by atoms with E-state index in [4.69, 9.17) is 4.74 Å². The van der Waals surface area contributed by atoms with Crippen LogP contribution >= 0.6 is 23.7 Å². The second-order valence-electron chi connectivity index (χ2n) is 8.98. The van der Waals surface area contributed by atoms with E-state index < -0.39 is 21.9 Å². The molecule has 0 radical (unpaired) electrons. The molecule has 2 heterocycles. The number of fused-ring (bicyclic) bond motifs is 1. The number of sulfonamides is 1. The molecule has 8 nitrogen and oxygen atoms in total. The highest BCUT2D eigenvalue weighted by atomic mass is 35.5. The number of nitrogens with one attached hydrogen (secondary N) is 1. The predicted molar refractivity (Wildman–Crippen MR) is 139 cm³/mol. The number of methoxy groups -OCH3 is 1. The van der Waals surface area contributed by atoms with Gasteiger partial charge in [0.05, 0.1) is 17.6 Å². The Morgan fingerprint density at radius 1 is 1.14 bits per heavy atom. The average molecular weight is 542 g/mol. The predicted octanol–water partition coefficient (Wildman–Crippen LogP) is 4.15. The van der Waals surface area contributed by atoms with E-state index in [0.29, 0.717) is 29.1 Å². The minimum absolute atomic E-state index is 0. The lowest BCUT2D eigenvalue weighted by Crippen LogP contribution is -2.38. The number of halogens is 1. The van der Waals surface area contributed by atoms with Crippen molar-refractivity contribution in [1.29, 1.82) is 0 Å². The van der Waals surface area contributed by atoms with Gasteiger partial charge in [-0.15, -0.1) is 23.7 Å². The van der Waals surface area contributed by atoms with Crippen LogP contribution in [0, 0.1) is 0 Å². The fraction of sp³-hybridized carbons (Fsp3) is 0.500. The van der Waals surface area contributed by atoms with E-state index in [0.717, 1.165) is 49.1 Å². The molecule has 1 aromatic heterocycles. The molecule has 0 atom stereocenters. The van der Waals surface area contributed by atoms with Crippen LogP contribution in [-0.4, -0.2) is 63.3 Å². The van der Waals surface area contributed by atoms with E-state index in [9.17, 15) is 18.0 Å². The van der Waals surface area contributed by atoms with E-state index in [1.807, 2.05) is 7.05 Å². The number of thiophene rings is 1. The number of amides is 1. The Labute approximate surface area is 217 Å². The number of ether oxygens (including phenoxy) is 1. The van der Waals surface area contributed by atoms with E-state index in [1.165, 1.54) is 47.0 Å². The molecule has 1 amide bonds. The summed E-state index contributed by atoms with van der Waals surface area (Å²) in [6.45, 7) is 1.54. The van der Waals surface area contributed by atoms with Gasteiger partial charge in [0.2, 0.25) is 10.0 Å². The Bertz CT molecular complexity index is 1170. The lowest BCUT2D eigenvalue weighted by molar-refractivity contribution is 0.0600. The number of hydrogen-bond acceptors (Lipinski definition) is 7. The summed E-state index contributed by atoms with van der Waals surface area (Å²) in [6, 6.07) is 5.98. The minimum atomic E-state index is -3.63. The Morgan fingerprint density at radius 2 is 1.80 bits per heavy atom. The van der Waals surface area contributed by atoms with Crippen LogP contribution in [0.4, 0.5) is 5.00 Å². The smallest absolute Gasteiger partial charge is 0.341 e. The molecule has 0 saturated heterocycles. The lowest BCUT2D eigenvalue weighted by Gasteiger charge is -2.30. The summed E-state index contributed by atoms with van der Waals surface area (Å²) in [5.41, 5.74) is 1.66. The van der Waals surface area contributed by atoms with Gasteiger partial charge in [-0.3, -0.25) is 4.79 Å². The van der Waals surface area contributed by atoms with Gasteiger partial charge in [0.1, 0.15) is 5.00 Å². The molecule has 1 aromatic carbocycles. The van der Waals surface area contributed by atoms with E-state index >= 15 is 0 Å². The average Bonchev–Trinajstić information content (AvgIpc) is 3.20. The van der Waals surface area contributed by atoms with Crippen molar-refractivity contribution in [3.05, 3.63) is 45.8 Å². The van der Waals surface area contributed by atoms with Gasteiger partial charge < -0.3 is 15.0 Å². The molecule has 1 aliphatic carbocycles. The zero-order valence-corrected chi connectivity index (χ0v) is 22.7. The summed E-state index contributed by atoms with van der Waals surface area (Å²) >= 11 is 1.38. The Kier molecular flexibility index (Phi) is 8.98. The number of carbonyl (C=O) groups is 2. The molecule has 4 rings (SSSR count). The maximum absolute atomic E-state index is 13.1. The number of carbonyl (C=O) groups excluding carboxylic acids is 2. The van der Waals surface area contributed by atoms with Crippen molar-refractivity contribution in [2.24, 2.45) is 0 Å². The quantitative estimate of drug-likeness (QED) is 0.552. The van der Waals surface area contributed by atoms with Crippen LogP contribution in [-0.2, 0) is 27.7 Å². The van der Waals surface area contributed by atoms with Crippen molar-refractivity contribution in [3.63, 3.8) is 0 Å². The highest BCUT2D eigenvalue weighted by Gasteiger charge is 2.30. The van der Waals surface area contributed by atoms with E-state index in [1.54, 1.807) is 7.05 Å². The van der Waals surface area contributed by atoms with Gasteiger partial charge in [-0.05, 0) is 56.1 Å². The Balaban J connectivity index is 0.00000342. The summed E-state index contributed by atoms with van der Waals surface area (Å²) in [7, 11) is 1.35. The highest BCUT2D eigenvalue weighted by Crippen LogP contribution is 2.37. The highest BCUT2D eigenvalue weighted by molar-refractivity contribution is 7.89. The normalized spacial score (nSPS) is 16.9. The summed E-state index contributed by atoms with van der Waals surface area (Å²) in [5.74, 6) is -0.869. The Morgan fingerprint density at radius 3 is 2.43 bits per heavy atom. The topological polar surface area (TPSA) is 96.0 Å². The molecule has 1 aliphatic heterocycles. The molecule has 0 unspecified atom stereocenters. The maximum atomic E-state index is 13.1. The van der Waals surface area contributed by atoms with Crippen molar-refractivity contribution in [3.8, 4) is 0 Å². The molecule has 1 fully saturated rings. The van der Waals surface area contributed by atoms with Crippen LogP contribution in [0.2, 0.25) is 0 Å². The Hall–Kier alpha value is -1.98. The second kappa shape index (κ2) is 11.4. The first-order chi connectivity index (χ1) is 16.2. The minimum Gasteiger partial charge on any atom is -0.465 e. The van der Waals surface area contributed by atoms with Crippen LogP contribution in [0.15, 0.2) is 29.2 Å². The van der Waals surface area contributed by atoms with Crippen LogP contribution in [0.5, 0.6) is 0 Å². The number of rotatable bonds is 6. The summed E-state index contributed by atoms with van der Waals surface area (Å²) in [4.78, 5) is 28.8. The summed E-state index contributed by atoms with van der Waals surface area (Å²) in [6.07, 6.45) is 5.69. The molecule has 11 heteroatoms. The SMILES string of the molecule is COC(=O)c1c(NC(=O)c2ccc(S(=O)(=O)N(C)C3CCCCC3)cc2)sc2c1CCN(C)C2.Cl. The fourth-order valence-electron chi connectivity index (χ4n) is 4.70. The van der Waals surface area contributed by atoms with Crippen LogP contribution in [0.1, 0.15) is 63.3 Å². The second-order valence-corrected chi connectivity index (χ2v) is 12.1. The largest absolute Gasteiger partial charge is 0.465 e. The summed E-state index contributed by atoms with van der Waals surface area (Å²) < 4.78 is 32.6. The third-order valence-corrected chi connectivity index (χ3v) is 9.80. The summed E-state index contributed by atoms with van der Waals surface area (Å²) in [5, 5.41) is 3.31.